The van der Waals surface area contributed by atoms with E-state index in [4.69, 9.17) is 17.3 Å². The van der Waals surface area contributed by atoms with Crippen LogP contribution in [0.25, 0.3) is 11.1 Å². The third-order valence-electron chi connectivity index (χ3n) is 4.08. The number of halogens is 2. The number of nitrogen functional groups attached to an aromatic ring is 1. The second kappa shape index (κ2) is 5.94. The first-order chi connectivity index (χ1) is 10.6. The zero-order chi connectivity index (χ0) is 15.7. The first kappa shape index (κ1) is 14.8. The SMILES string of the molecule is N#Cc1c(N)nc2c(c1-c1c(F)cccc1Cl)CCCCC2. The molecule has 0 aliphatic heterocycles. The van der Waals surface area contributed by atoms with Gasteiger partial charge in [-0.25, -0.2) is 9.37 Å². The molecule has 0 radical (unpaired) electrons. The number of anilines is 1. The Bertz CT molecular complexity index is 760. The van der Waals surface area contributed by atoms with Crippen LogP contribution in [0.2, 0.25) is 5.02 Å². The summed E-state index contributed by atoms with van der Waals surface area (Å²) in [4.78, 5) is 4.38. The molecule has 1 heterocycles. The summed E-state index contributed by atoms with van der Waals surface area (Å²) in [7, 11) is 0. The molecule has 0 spiro atoms. The molecule has 3 rings (SSSR count). The summed E-state index contributed by atoms with van der Waals surface area (Å²) in [5, 5.41) is 9.76. The molecular formula is C17H15ClFN3. The highest BCUT2D eigenvalue weighted by molar-refractivity contribution is 6.33. The summed E-state index contributed by atoms with van der Waals surface area (Å²) in [5.74, 6) is -0.293. The molecule has 0 bridgehead atoms. The molecule has 22 heavy (non-hydrogen) atoms. The summed E-state index contributed by atoms with van der Waals surface area (Å²) in [6.45, 7) is 0. The van der Waals surface area contributed by atoms with Crippen molar-refractivity contribution in [3.8, 4) is 17.2 Å². The van der Waals surface area contributed by atoms with Crippen LogP contribution < -0.4 is 5.73 Å². The lowest BCUT2D eigenvalue weighted by Gasteiger charge is -2.17. The highest BCUT2D eigenvalue weighted by atomic mass is 35.5. The van der Waals surface area contributed by atoms with Gasteiger partial charge in [0.15, 0.2) is 0 Å². The third kappa shape index (κ3) is 2.42. The molecule has 0 unspecified atom stereocenters. The quantitative estimate of drug-likeness (QED) is 0.800. The van der Waals surface area contributed by atoms with Gasteiger partial charge < -0.3 is 5.73 Å². The van der Waals surface area contributed by atoms with Crippen molar-refractivity contribution in [2.45, 2.75) is 32.1 Å². The number of hydrogen-bond donors (Lipinski definition) is 1. The Kier molecular flexibility index (Phi) is 4.00. The van der Waals surface area contributed by atoms with E-state index in [1.165, 1.54) is 6.07 Å². The molecule has 2 N–H and O–H groups in total. The minimum absolute atomic E-state index is 0.150. The van der Waals surface area contributed by atoms with Crippen LogP contribution in [0, 0.1) is 17.1 Å². The smallest absolute Gasteiger partial charge is 0.142 e. The number of nitriles is 1. The van der Waals surface area contributed by atoms with E-state index in [-0.39, 0.29) is 22.0 Å². The van der Waals surface area contributed by atoms with Crippen LogP contribution in [-0.2, 0) is 12.8 Å². The van der Waals surface area contributed by atoms with E-state index in [9.17, 15) is 9.65 Å². The minimum Gasteiger partial charge on any atom is -0.383 e. The van der Waals surface area contributed by atoms with E-state index >= 15 is 0 Å². The van der Waals surface area contributed by atoms with Crippen molar-refractivity contribution in [2.24, 2.45) is 0 Å². The van der Waals surface area contributed by atoms with Gasteiger partial charge >= 0.3 is 0 Å². The van der Waals surface area contributed by atoms with Crippen molar-refractivity contribution in [2.75, 3.05) is 5.73 Å². The Morgan fingerprint density at radius 2 is 1.95 bits per heavy atom. The second-order valence-electron chi connectivity index (χ2n) is 5.44. The van der Waals surface area contributed by atoms with Gasteiger partial charge in [0, 0.05) is 16.8 Å². The Labute approximate surface area is 133 Å². The lowest BCUT2D eigenvalue weighted by Crippen LogP contribution is -2.07. The second-order valence-corrected chi connectivity index (χ2v) is 5.85. The standard InChI is InChI=1S/C17H15ClFN3/c18-12-6-4-7-13(19)16(12)15-10-5-2-1-3-8-14(10)22-17(21)11(15)9-20/h4,6-7H,1-3,5,8H2,(H2,21,22). The maximum Gasteiger partial charge on any atom is 0.142 e. The third-order valence-corrected chi connectivity index (χ3v) is 4.39. The van der Waals surface area contributed by atoms with Gasteiger partial charge in [-0.1, -0.05) is 24.1 Å². The molecule has 0 fully saturated rings. The average molecular weight is 316 g/mol. The topological polar surface area (TPSA) is 62.7 Å². The molecule has 1 aliphatic rings. The lowest BCUT2D eigenvalue weighted by atomic mass is 9.91. The monoisotopic (exact) mass is 315 g/mol. The highest BCUT2D eigenvalue weighted by Crippen LogP contribution is 2.39. The van der Waals surface area contributed by atoms with Crippen LogP contribution in [0.5, 0.6) is 0 Å². The fourth-order valence-electron chi connectivity index (χ4n) is 3.06. The van der Waals surface area contributed by atoms with Gasteiger partial charge in [-0.15, -0.1) is 0 Å². The summed E-state index contributed by atoms with van der Waals surface area (Å²) >= 11 is 6.22. The zero-order valence-corrected chi connectivity index (χ0v) is 12.8. The number of hydrogen-bond acceptors (Lipinski definition) is 3. The number of aromatic nitrogens is 1. The largest absolute Gasteiger partial charge is 0.383 e. The molecule has 0 atom stereocenters. The first-order valence-corrected chi connectivity index (χ1v) is 7.67. The molecular weight excluding hydrogens is 301 g/mol. The Balaban J connectivity index is 2.39. The Morgan fingerprint density at radius 1 is 1.18 bits per heavy atom. The molecule has 1 aromatic heterocycles. The fraction of sp³-hybridized carbons (Fsp3) is 0.294. The van der Waals surface area contributed by atoms with E-state index in [2.05, 4.69) is 11.1 Å². The van der Waals surface area contributed by atoms with E-state index in [1.807, 2.05) is 0 Å². The summed E-state index contributed by atoms with van der Waals surface area (Å²) in [6.07, 6.45) is 4.66. The average Bonchev–Trinajstić information content (AvgIpc) is 2.72. The van der Waals surface area contributed by atoms with Gasteiger partial charge in [0.05, 0.1) is 5.02 Å². The first-order valence-electron chi connectivity index (χ1n) is 7.29. The maximum absolute atomic E-state index is 14.4. The fourth-order valence-corrected chi connectivity index (χ4v) is 3.32. The normalized spacial score (nSPS) is 14.0. The molecule has 5 heteroatoms. The maximum atomic E-state index is 14.4. The van der Waals surface area contributed by atoms with Gasteiger partial charge in [-0.2, -0.15) is 5.26 Å². The van der Waals surface area contributed by atoms with E-state index in [0.717, 1.165) is 43.4 Å². The van der Waals surface area contributed by atoms with Gasteiger partial charge in [0.2, 0.25) is 0 Å². The lowest BCUT2D eigenvalue weighted by molar-refractivity contribution is 0.631. The van der Waals surface area contributed by atoms with E-state index in [1.54, 1.807) is 12.1 Å². The van der Waals surface area contributed by atoms with Gasteiger partial charge in [0.1, 0.15) is 23.3 Å². The Morgan fingerprint density at radius 3 is 2.68 bits per heavy atom. The van der Waals surface area contributed by atoms with Crippen molar-refractivity contribution < 1.29 is 4.39 Å². The predicted molar refractivity (Wildman–Crippen MR) is 85.0 cm³/mol. The summed E-state index contributed by atoms with van der Waals surface area (Å²) < 4.78 is 14.4. The molecule has 0 saturated carbocycles. The van der Waals surface area contributed by atoms with Crippen molar-refractivity contribution in [3.05, 3.63) is 45.9 Å². The Hall–Kier alpha value is -2.12. The number of pyridine rings is 1. The molecule has 0 saturated heterocycles. The predicted octanol–water partition coefficient (Wildman–Crippen LogP) is 4.26. The van der Waals surface area contributed by atoms with Gasteiger partial charge in [0.25, 0.3) is 0 Å². The molecule has 3 nitrogen and oxygen atoms in total. The van der Waals surface area contributed by atoms with Crippen LogP contribution in [0.3, 0.4) is 0 Å². The number of aryl methyl sites for hydroxylation is 1. The van der Waals surface area contributed by atoms with Crippen LogP contribution >= 0.6 is 11.6 Å². The van der Waals surface area contributed by atoms with Crippen molar-refractivity contribution >= 4 is 17.4 Å². The minimum atomic E-state index is -0.443. The molecule has 1 aromatic carbocycles. The number of nitrogens with two attached hydrogens (primary N) is 1. The number of nitrogens with zero attached hydrogens (tertiary/aromatic N) is 2. The van der Waals surface area contributed by atoms with Crippen LogP contribution in [0.4, 0.5) is 10.2 Å². The van der Waals surface area contributed by atoms with Crippen LogP contribution in [0.1, 0.15) is 36.1 Å². The molecule has 2 aromatic rings. The highest BCUT2D eigenvalue weighted by Gasteiger charge is 2.24. The molecule has 1 aliphatic carbocycles. The number of benzene rings is 1. The number of rotatable bonds is 1. The zero-order valence-electron chi connectivity index (χ0n) is 12.0. The summed E-state index contributed by atoms with van der Waals surface area (Å²) in [5.41, 5.74) is 8.72. The summed E-state index contributed by atoms with van der Waals surface area (Å²) in [6, 6.07) is 6.60. The number of fused-ring (bicyclic) bond motifs is 1. The van der Waals surface area contributed by atoms with Crippen LogP contribution in [-0.4, -0.2) is 4.98 Å². The molecule has 0 amide bonds. The van der Waals surface area contributed by atoms with Crippen molar-refractivity contribution in [1.29, 1.82) is 5.26 Å². The molecule has 112 valence electrons. The van der Waals surface area contributed by atoms with Crippen LogP contribution in [0.15, 0.2) is 18.2 Å². The van der Waals surface area contributed by atoms with Gasteiger partial charge in [-0.05, 0) is 43.4 Å². The van der Waals surface area contributed by atoms with Crippen molar-refractivity contribution in [3.63, 3.8) is 0 Å². The van der Waals surface area contributed by atoms with E-state index < -0.39 is 5.82 Å². The van der Waals surface area contributed by atoms with Gasteiger partial charge in [-0.3, -0.25) is 0 Å². The van der Waals surface area contributed by atoms with Crippen molar-refractivity contribution in [1.82, 2.24) is 4.98 Å². The van der Waals surface area contributed by atoms with E-state index in [0.29, 0.717) is 5.56 Å².